The van der Waals surface area contributed by atoms with Crippen LogP contribution in [-0.2, 0) is 0 Å². The second-order valence-corrected chi connectivity index (χ2v) is 6.22. The molecule has 6 heteroatoms. The van der Waals surface area contributed by atoms with Crippen molar-refractivity contribution in [1.82, 2.24) is 15.0 Å². The molecule has 0 radical (unpaired) electrons. The number of nitrogens with zero attached hydrogens (tertiary/aromatic N) is 3. The molecule has 0 atom stereocenters. The van der Waals surface area contributed by atoms with E-state index in [1.807, 2.05) is 54.6 Å². The van der Waals surface area contributed by atoms with Crippen LogP contribution >= 0.6 is 0 Å². The Morgan fingerprint density at radius 1 is 0.593 bits per heavy atom. The lowest BCUT2D eigenvalue weighted by atomic mass is 10.1. The molecule has 6 rings (SSSR count). The Kier molecular flexibility index (Phi) is 2.79. The first-order valence-corrected chi connectivity index (χ1v) is 8.44. The topological polar surface area (TPSA) is 78.1 Å². The fourth-order valence-electron chi connectivity index (χ4n) is 3.15. The van der Waals surface area contributed by atoms with Gasteiger partial charge < -0.3 is 13.3 Å². The number of hydrogen-bond donors (Lipinski definition) is 0. The molecule has 6 nitrogen and oxygen atoms in total. The standard InChI is InChI=1S/C21H11N3O3/c1-2-4-17-14(3-1)23-20(26-17)12-5-7-13(8-6-12)21-24-16-9-15-18(25-11-22-15)10-19(16)27-21/h1-11H. The van der Waals surface area contributed by atoms with E-state index in [1.165, 1.54) is 6.39 Å². The van der Waals surface area contributed by atoms with Gasteiger partial charge in [-0.05, 0) is 42.5 Å². The van der Waals surface area contributed by atoms with Crippen molar-refractivity contribution in [3.05, 3.63) is 67.1 Å². The van der Waals surface area contributed by atoms with Crippen LogP contribution in [-0.4, -0.2) is 15.0 Å². The molecule has 6 aromatic rings. The lowest BCUT2D eigenvalue weighted by Gasteiger charge is -1.97. The molecule has 0 aliphatic heterocycles. The predicted molar refractivity (Wildman–Crippen MR) is 100 cm³/mol. The van der Waals surface area contributed by atoms with E-state index in [0.717, 1.165) is 33.3 Å². The van der Waals surface area contributed by atoms with Gasteiger partial charge in [-0.25, -0.2) is 15.0 Å². The molecule has 0 N–H and O–H groups in total. The molecule has 0 saturated heterocycles. The van der Waals surface area contributed by atoms with E-state index in [4.69, 9.17) is 13.3 Å². The van der Waals surface area contributed by atoms with Crippen LogP contribution in [0.15, 0.2) is 80.3 Å². The maximum absolute atomic E-state index is 5.89. The average Bonchev–Trinajstić information content (AvgIpc) is 3.42. The first-order chi connectivity index (χ1) is 13.3. The Morgan fingerprint density at radius 3 is 2.07 bits per heavy atom. The zero-order valence-corrected chi connectivity index (χ0v) is 13.9. The van der Waals surface area contributed by atoms with Crippen molar-refractivity contribution in [2.75, 3.05) is 0 Å². The molecule has 27 heavy (non-hydrogen) atoms. The molecule has 0 spiro atoms. The summed E-state index contributed by atoms with van der Waals surface area (Å²) < 4.78 is 17.0. The first-order valence-electron chi connectivity index (χ1n) is 8.44. The van der Waals surface area contributed by atoms with E-state index < -0.39 is 0 Å². The molecule has 128 valence electrons. The fourth-order valence-corrected chi connectivity index (χ4v) is 3.15. The largest absolute Gasteiger partial charge is 0.443 e. The minimum absolute atomic E-state index is 0.543. The third kappa shape index (κ3) is 2.23. The van der Waals surface area contributed by atoms with E-state index in [9.17, 15) is 0 Å². The summed E-state index contributed by atoms with van der Waals surface area (Å²) in [6, 6.07) is 19.1. The van der Waals surface area contributed by atoms with Gasteiger partial charge in [0.2, 0.25) is 11.8 Å². The summed E-state index contributed by atoms with van der Waals surface area (Å²) in [7, 11) is 0. The van der Waals surface area contributed by atoms with E-state index in [-0.39, 0.29) is 0 Å². The minimum Gasteiger partial charge on any atom is -0.443 e. The zero-order chi connectivity index (χ0) is 17.8. The Bertz CT molecular complexity index is 1340. The zero-order valence-electron chi connectivity index (χ0n) is 13.9. The summed E-state index contributed by atoms with van der Waals surface area (Å²) in [6.07, 6.45) is 1.41. The van der Waals surface area contributed by atoms with E-state index in [2.05, 4.69) is 15.0 Å². The summed E-state index contributed by atoms with van der Waals surface area (Å²) in [5.41, 5.74) is 6.22. The number of hydrogen-bond acceptors (Lipinski definition) is 6. The van der Waals surface area contributed by atoms with Gasteiger partial charge in [-0.2, -0.15) is 0 Å². The monoisotopic (exact) mass is 353 g/mol. The van der Waals surface area contributed by atoms with Gasteiger partial charge in [0.15, 0.2) is 23.1 Å². The molecule has 0 amide bonds. The molecule has 3 heterocycles. The highest BCUT2D eigenvalue weighted by atomic mass is 16.4. The Balaban J connectivity index is 1.40. The summed E-state index contributed by atoms with van der Waals surface area (Å²) in [6.45, 7) is 0. The molecule has 0 aliphatic carbocycles. The van der Waals surface area contributed by atoms with Crippen LogP contribution in [0.2, 0.25) is 0 Å². The second-order valence-electron chi connectivity index (χ2n) is 6.22. The lowest BCUT2D eigenvalue weighted by molar-refractivity contribution is 0.597. The van der Waals surface area contributed by atoms with Crippen LogP contribution in [0.25, 0.3) is 56.2 Å². The molecular formula is C21H11N3O3. The third-order valence-electron chi connectivity index (χ3n) is 4.51. The second kappa shape index (κ2) is 5.28. The van der Waals surface area contributed by atoms with Crippen molar-refractivity contribution in [2.24, 2.45) is 0 Å². The van der Waals surface area contributed by atoms with Gasteiger partial charge in [0.1, 0.15) is 16.6 Å². The van der Waals surface area contributed by atoms with Crippen LogP contribution in [0.3, 0.4) is 0 Å². The quantitative estimate of drug-likeness (QED) is 0.412. The Hall–Kier alpha value is -3.93. The first kappa shape index (κ1) is 14.3. The summed E-state index contributed by atoms with van der Waals surface area (Å²) in [5.74, 6) is 1.13. The Labute approximate surface area is 152 Å². The average molecular weight is 353 g/mol. The van der Waals surface area contributed by atoms with Gasteiger partial charge in [0.25, 0.3) is 0 Å². The highest BCUT2D eigenvalue weighted by Gasteiger charge is 2.13. The minimum atomic E-state index is 0.543. The van der Waals surface area contributed by atoms with Gasteiger partial charge >= 0.3 is 0 Å². The van der Waals surface area contributed by atoms with Crippen molar-refractivity contribution < 1.29 is 13.3 Å². The van der Waals surface area contributed by atoms with Crippen LogP contribution in [0.5, 0.6) is 0 Å². The number of oxazole rings is 3. The van der Waals surface area contributed by atoms with E-state index >= 15 is 0 Å². The normalized spacial score (nSPS) is 11.7. The lowest BCUT2D eigenvalue weighted by Crippen LogP contribution is -1.80. The summed E-state index contributed by atoms with van der Waals surface area (Å²) >= 11 is 0. The maximum Gasteiger partial charge on any atom is 0.227 e. The molecule has 3 aromatic heterocycles. The summed E-state index contributed by atoms with van der Waals surface area (Å²) in [5, 5.41) is 0. The number of rotatable bonds is 2. The van der Waals surface area contributed by atoms with Crippen LogP contribution in [0.1, 0.15) is 0 Å². The molecular weight excluding hydrogens is 342 g/mol. The van der Waals surface area contributed by atoms with E-state index in [0.29, 0.717) is 22.9 Å². The predicted octanol–water partition coefficient (Wildman–Crippen LogP) is 5.44. The molecule has 3 aromatic carbocycles. The number of para-hydroxylation sites is 2. The maximum atomic E-state index is 5.89. The van der Waals surface area contributed by atoms with Gasteiger partial charge in [0.05, 0.1) is 0 Å². The molecule has 0 aliphatic rings. The molecule has 0 bridgehead atoms. The van der Waals surface area contributed by atoms with Crippen molar-refractivity contribution in [1.29, 1.82) is 0 Å². The van der Waals surface area contributed by atoms with Gasteiger partial charge in [-0.3, -0.25) is 0 Å². The van der Waals surface area contributed by atoms with Crippen molar-refractivity contribution in [2.45, 2.75) is 0 Å². The van der Waals surface area contributed by atoms with Gasteiger partial charge in [-0.1, -0.05) is 12.1 Å². The molecule has 0 saturated carbocycles. The van der Waals surface area contributed by atoms with Crippen molar-refractivity contribution >= 4 is 33.3 Å². The highest BCUT2D eigenvalue weighted by molar-refractivity contribution is 5.90. The third-order valence-corrected chi connectivity index (χ3v) is 4.51. The smallest absolute Gasteiger partial charge is 0.227 e. The van der Waals surface area contributed by atoms with Gasteiger partial charge in [0, 0.05) is 17.2 Å². The summed E-state index contributed by atoms with van der Waals surface area (Å²) in [4.78, 5) is 13.2. The number of fused-ring (bicyclic) bond motifs is 3. The van der Waals surface area contributed by atoms with Crippen molar-refractivity contribution in [3.63, 3.8) is 0 Å². The number of benzene rings is 3. The highest BCUT2D eigenvalue weighted by Crippen LogP contribution is 2.30. The van der Waals surface area contributed by atoms with Crippen LogP contribution in [0, 0.1) is 0 Å². The van der Waals surface area contributed by atoms with Crippen molar-refractivity contribution in [3.8, 4) is 22.9 Å². The molecule has 0 unspecified atom stereocenters. The molecule has 0 fully saturated rings. The van der Waals surface area contributed by atoms with Crippen LogP contribution < -0.4 is 0 Å². The van der Waals surface area contributed by atoms with Gasteiger partial charge in [-0.15, -0.1) is 0 Å². The number of aromatic nitrogens is 3. The fraction of sp³-hybridized carbons (Fsp3) is 0. The van der Waals surface area contributed by atoms with Crippen LogP contribution in [0.4, 0.5) is 0 Å². The SMILES string of the molecule is c1ccc2oc(-c3ccc(-c4nc5cc6ncoc6cc5o4)cc3)nc2c1. The van der Waals surface area contributed by atoms with E-state index in [1.54, 1.807) is 6.07 Å². The Morgan fingerprint density at radius 2 is 1.30 bits per heavy atom.